The Morgan fingerprint density at radius 1 is 0.318 bits per heavy atom. The van der Waals surface area contributed by atoms with E-state index < -0.39 is 0 Å². The molecule has 0 saturated heterocycles. The summed E-state index contributed by atoms with van der Waals surface area (Å²) in [4.78, 5) is 0. The van der Waals surface area contributed by atoms with Gasteiger partial charge in [0.25, 0.3) is 0 Å². The van der Waals surface area contributed by atoms with Crippen LogP contribution in [0.5, 0.6) is 0 Å². The summed E-state index contributed by atoms with van der Waals surface area (Å²) in [6.07, 6.45) is 0. The van der Waals surface area contributed by atoms with Crippen molar-refractivity contribution in [2.75, 3.05) is 0 Å². The van der Waals surface area contributed by atoms with Gasteiger partial charge >= 0.3 is 0 Å². The van der Waals surface area contributed by atoms with E-state index >= 15 is 0 Å². The zero-order valence-corrected chi connectivity index (χ0v) is 17.3. The number of nitrogens with zero attached hydrogens (tertiary/aromatic N) is 4. The molecule has 0 N–H and O–H groups in total. The molecule has 0 amide bonds. The van der Waals surface area contributed by atoms with Crippen LogP contribution in [0.2, 0.25) is 0 Å². The van der Waals surface area contributed by atoms with Gasteiger partial charge in [-0.25, -0.2) is 15.0 Å². The van der Waals surface area contributed by atoms with Crippen LogP contribution < -0.4 is 0 Å². The first-order chi connectivity index (χ1) is 9.93. The van der Waals surface area contributed by atoms with Crippen LogP contribution in [0.3, 0.4) is 0 Å². The molecule has 4 nitrogen and oxygen atoms in total. The summed E-state index contributed by atoms with van der Waals surface area (Å²) in [5.74, 6) is 0. The van der Waals surface area contributed by atoms with E-state index in [1.165, 1.54) is 0 Å². The Hall–Kier alpha value is -0.160. The summed E-state index contributed by atoms with van der Waals surface area (Å²) < 4.78 is 0. The molecule has 0 aliphatic rings. The van der Waals surface area contributed by atoms with Crippen molar-refractivity contribution in [3.05, 3.63) is 0 Å². The van der Waals surface area contributed by atoms with Gasteiger partial charge in [0.05, 0.1) is 0 Å². The van der Waals surface area contributed by atoms with Crippen molar-refractivity contribution in [2.45, 2.75) is 119 Å². The third-order valence-corrected chi connectivity index (χ3v) is 3.79. The molecule has 0 aromatic carbocycles. The molecule has 0 unspecified atom stereocenters. The molecule has 0 radical (unpaired) electrons. The molecule has 22 heavy (non-hydrogen) atoms. The van der Waals surface area contributed by atoms with Gasteiger partial charge in [0.15, 0.2) is 0 Å². The lowest BCUT2D eigenvalue weighted by molar-refractivity contribution is -0.359. The highest BCUT2D eigenvalue weighted by atomic mass is 16.1. The minimum absolute atomic E-state index is 0.444. The van der Waals surface area contributed by atoms with E-state index in [1.54, 1.807) is 0 Å². The zero-order valence-electron chi connectivity index (χ0n) is 17.3. The molecule has 0 aliphatic heterocycles. The second kappa shape index (κ2) is 9.21. The largest absolute Gasteiger partial charge is 0.208 e. The lowest BCUT2D eigenvalue weighted by atomic mass is 10.2. The molecule has 134 valence electrons. The van der Waals surface area contributed by atoms with Gasteiger partial charge in [-0.05, 0) is 83.1 Å². The molecule has 0 atom stereocenters. The van der Waals surface area contributed by atoms with Gasteiger partial charge < -0.3 is 0 Å². The molecule has 0 aromatic rings. The van der Waals surface area contributed by atoms with Crippen LogP contribution in [-0.4, -0.2) is 56.5 Å². The zero-order chi connectivity index (χ0) is 17.8. The summed E-state index contributed by atoms with van der Waals surface area (Å²) in [6.45, 7) is 27.4. The fourth-order valence-electron chi connectivity index (χ4n) is 3.39. The SMILES string of the molecule is CC(C)N(C(C)C)N(N(C(C)C)C(C)C)N(C(C)C)C(C)C. The minimum atomic E-state index is 0.444. The van der Waals surface area contributed by atoms with Gasteiger partial charge in [0.1, 0.15) is 0 Å². The fraction of sp³-hybridized carbons (Fsp3) is 1.00. The summed E-state index contributed by atoms with van der Waals surface area (Å²) in [6, 6.07) is 2.67. The Labute approximate surface area is 140 Å². The van der Waals surface area contributed by atoms with Crippen molar-refractivity contribution in [1.29, 1.82) is 0 Å². The molecule has 0 heterocycles. The predicted molar refractivity (Wildman–Crippen MR) is 98.2 cm³/mol. The molecule has 0 saturated carbocycles. The van der Waals surface area contributed by atoms with Crippen molar-refractivity contribution in [3.63, 3.8) is 0 Å². The van der Waals surface area contributed by atoms with E-state index in [1.807, 2.05) is 0 Å². The van der Waals surface area contributed by atoms with Crippen molar-refractivity contribution in [2.24, 2.45) is 0 Å². The van der Waals surface area contributed by atoms with Crippen LogP contribution in [-0.2, 0) is 0 Å². The fourth-order valence-corrected chi connectivity index (χ4v) is 3.39. The first kappa shape index (κ1) is 21.8. The maximum atomic E-state index is 2.50. The molecule has 0 spiro atoms. The third kappa shape index (κ3) is 5.48. The van der Waals surface area contributed by atoms with E-state index in [2.05, 4.69) is 103 Å². The Balaban J connectivity index is 6.03. The lowest BCUT2D eigenvalue weighted by Crippen LogP contribution is -2.70. The Bertz CT molecular complexity index is 226. The van der Waals surface area contributed by atoms with Gasteiger partial charge in [-0.2, -0.15) is 0 Å². The van der Waals surface area contributed by atoms with E-state index in [4.69, 9.17) is 0 Å². The van der Waals surface area contributed by atoms with Crippen LogP contribution in [0.1, 0.15) is 83.1 Å². The first-order valence-corrected chi connectivity index (χ1v) is 9.08. The monoisotopic (exact) mass is 314 g/mol. The lowest BCUT2D eigenvalue weighted by Gasteiger charge is -2.55. The highest BCUT2D eigenvalue weighted by Crippen LogP contribution is 2.24. The van der Waals surface area contributed by atoms with E-state index in [0.29, 0.717) is 36.3 Å². The summed E-state index contributed by atoms with van der Waals surface area (Å²) in [7, 11) is 0. The molecule has 4 heteroatoms. The first-order valence-electron chi connectivity index (χ1n) is 9.08. The number of hydrogen-bond donors (Lipinski definition) is 0. The second-order valence-electron chi connectivity index (χ2n) is 7.97. The Morgan fingerprint density at radius 3 is 0.545 bits per heavy atom. The van der Waals surface area contributed by atoms with Crippen molar-refractivity contribution >= 4 is 0 Å². The van der Waals surface area contributed by atoms with Gasteiger partial charge in [-0.3, -0.25) is 0 Å². The summed E-state index contributed by atoms with van der Waals surface area (Å²) >= 11 is 0. The van der Waals surface area contributed by atoms with Crippen LogP contribution in [0.15, 0.2) is 0 Å². The maximum absolute atomic E-state index is 2.50. The molecule has 0 aliphatic carbocycles. The Morgan fingerprint density at radius 2 is 0.455 bits per heavy atom. The smallest absolute Gasteiger partial charge is 0.0219 e. The van der Waals surface area contributed by atoms with Gasteiger partial charge in [0, 0.05) is 36.3 Å². The quantitative estimate of drug-likeness (QED) is 0.585. The maximum Gasteiger partial charge on any atom is 0.0219 e. The van der Waals surface area contributed by atoms with Crippen LogP contribution in [0, 0.1) is 0 Å². The summed E-state index contributed by atoms with van der Waals surface area (Å²) in [5, 5.41) is 9.94. The van der Waals surface area contributed by atoms with E-state index in [0.717, 1.165) is 0 Å². The predicted octanol–water partition coefficient (Wildman–Crippen LogP) is 4.39. The number of hydrogen-bond acceptors (Lipinski definition) is 4. The van der Waals surface area contributed by atoms with Gasteiger partial charge in [-0.1, -0.05) is 0 Å². The van der Waals surface area contributed by atoms with Crippen LogP contribution in [0.25, 0.3) is 0 Å². The topological polar surface area (TPSA) is 13.0 Å². The van der Waals surface area contributed by atoms with E-state index in [9.17, 15) is 0 Å². The molecule has 0 aromatic heterocycles. The van der Waals surface area contributed by atoms with Gasteiger partial charge in [0.2, 0.25) is 0 Å². The molecular weight excluding hydrogens is 272 g/mol. The van der Waals surface area contributed by atoms with Crippen LogP contribution >= 0.6 is 0 Å². The number of hydrazine groups is 3. The standard InChI is InChI=1S/C18H42N4/c1-13(2)19(14(3)4)22(20(15(5)6)16(7)8)21(17(9)10)18(11)12/h13-18H,1-12H3. The van der Waals surface area contributed by atoms with Crippen molar-refractivity contribution < 1.29 is 0 Å². The average molecular weight is 315 g/mol. The van der Waals surface area contributed by atoms with Crippen molar-refractivity contribution in [1.82, 2.24) is 20.3 Å². The highest BCUT2D eigenvalue weighted by Gasteiger charge is 2.36. The van der Waals surface area contributed by atoms with Crippen molar-refractivity contribution in [3.8, 4) is 0 Å². The molecule has 0 rings (SSSR count). The second-order valence-corrected chi connectivity index (χ2v) is 7.97. The minimum Gasteiger partial charge on any atom is -0.208 e. The normalized spacial score (nSPS) is 13.9. The number of rotatable bonds is 9. The third-order valence-electron chi connectivity index (χ3n) is 3.79. The Kier molecular flexibility index (Phi) is 9.15. The van der Waals surface area contributed by atoms with E-state index in [-0.39, 0.29) is 0 Å². The van der Waals surface area contributed by atoms with Crippen LogP contribution in [0.4, 0.5) is 0 Å². The molecule has 0 bridgehead atoms. The summed E-state index contributed by atoms with van der Waals surface area (Å²) in [5.41, 5.74) is 0. The van der Waals surface area contributed by atoms with Gasteiger partial charge in [-0.15, -0.1) is 5.23 Å². The molecule has 0 fully saturated rings. The molecular formula is C18H42N4. The average Bonchev–Trinajstić information content (AvgIpc) is 2.24. The highest BCUT2D eigenvalue weighted by molar-refractivity contribution is 4.74.